The molecule has 0 bridgehead atoms. The minimum absolute atomic E-state index is 0.0579. The van der Waals surface area contributed by atoms with E-state index < -0.39 is 27.2 Å². The summed E-state index contributed by atoms with van der Waals surface area (Å²) >= 11 is 0. The first-order valence-corrected chi connectivity index (χ1v) is 11.1. The van der Waals surface area contributed by atoms with Crippen LogP contribution in [0.2, 0.25) is 0 Å². The van der Waals surface area contributed by atoms with Crippen molar-refractivity contribution in [2.45, 2.75) is 17.7 Å². The fourth-order valence-corrected chi connectivity index (χ4v) is 5.30. The largest absolute Gasteiger partial charge is 0.345 e. The highest BCUT2D eigenvalue weighted by Gasteiger charge is 2.29. The Morgan fingerprint density at radius 2 is 1.74 bits per heavy atom. The standard InChI is InChI=1S/C19H22N6O5S/c1-22-11-13(31(29,30)25-6-4-5-7-25)9-15(22)17(26)21-12-8-14-16(20-10-12)23(2)19(28)24(3)18(14)27/h8-11H,4-7H2,1-3H3,(H,21,26). The number of nitrogens with zero attached hydrogens (tertiary/aromatic N) is 5. The van der Waals surface area contributed by atoms with Crippen LogP contribution in [0.3, 0.4) is 0 Å². The Morgan fingerprint density at radius 3 is 2.42 bits per heavy atom. The topological polar surface area (TPSA) is 128 Å². The highest BCUT2D eigenvalue weighted by Crippen LogP contribution is 2.23. The van der Waals surface area contributed by atoms with Crippen LogP contribution in [0.25, 0.3) is 11.0 Å². The number of fused-ring (bicyclic) bond motifs is 1. The SMILES string of the molecule is Cn1cc(S(=O)(=O)N2CCCC2)cc1C(=O)Nc1cnc2c(c1)c(=O)n(C)c(=O)n2C. The number of rotatable bonds is 4. The number of nitrogens with one attached hydrogen (secondary N) is 1. The molecule has 1 fully saturated rings. The second kappa shape index (κ2) is 7.46. The van der Waals surface area contributed by atoms with Crippen molar-refractivity contribution in [3.8, 4) is 0 Å². The highest BCUT2D eigenvalue weighted by atomic mass is 32.2. The van der Waals surface area contributed by atoms with Crippen molar-refractivity contribution in [3.05, 3.63) is 51.1 Å². The van der Waals surface area contributed by atoms with Crippen LogP contribution >= 0.6 is 0 Å². The number of pyridine rings is 1. The smallest absolute Gasteiger partial charge is 0.332 e. The second-order valence-electron chi connectivity index (χ2n) is 7.54. The van der Waals surface area contributed by atoms with E-state index in [-0.39, 0.29) is 27.3 Å². The lowest BCUT2D eigenvalue weighted by Gasteiger charge is -2.13. The molecular formula is C19H22N6O5S. The van der Waals surface area contributed by atoms with Gasteiger partial charge >= 0.3 is 5.69 Å². The molecule has 0 atom stereocenters. The second-order valence-corrected chi connectivity index (χ2v) is 9.48. The summed E-state index contributed by atoms with van der Waals surface area (Å²) in [5, 5.41) is 2.81. The summed E-state index contributed by atoms with van der Waals surface area (Å²) in [6.07, 6.45) is 4.38. The van der Waals surface area contributed by atoms with Gasteiger partial charge in [-0.05, 0) is 25.0 Å². The van der Waals surface area contributed by atoms with E-state index >= 15 is 0 Å². The quantitative estimate of drug-likeness (QED) is 0.601. The summed E-state index contributed by atoms with van der Waals surface area (Å²) in [6.45, 7) is 0.942. The minimum atomic E-state index is -3.65. The molecule has 3 aromatic rings. The van der Waals surface area contributed by atoms with Crippen LogP contribution < -0.4 is 16.6 Å². The maximum atomic E-state index is 12.8. The van der Waals surface area contributed by atoms with Gasteiger partial charge in [-0.3, -0.25) is 18.7 Å². The van der Waals surface area contributed by atoms with Gasteiger partial charge in [-0.25, -0.2) is 18.2 Å². The van der Waals surface area contributed by atoms with Crippen LogP contribution in [-0.2, 0) is 31.2 Å². The number of aromatic nitrogens is 4. The Hall–Kier alpha value is -3.25. The number of hydrogen-bond donors (Lipinski definition) is 1. The molecule has 0 aromatic carbocycles. The molecule has 1 amide bonds. The number of hydrogen-bond acceptors (Lipinski definition) is 6. The highest BCUT2D eigenvalue weighted by molar-refractivity contribution is 7.89. The molecule has 3 aromatic heterocycles. The van der Waals surface area contributed by atoms with Crippen LogP contribution in [0.1, 0.15) is 23.3 Å². The summed E-state index contributed by atoms with van der Waals surface area (Å²) in [7, 11) is 0.799. The van der Waals surface area contributed by atoms with Gasteiger partial charge in [0.05, 0.1) is 17.3 Å². The molecule has 31 heavy (non-hydrogen) atoms. The van der Waals surface area contributed by atoms with Crippen LogP contribution in [0, 0.1) is 0 Å². The van der Waals surface area contributed by atoms with E-state index in [1.807, 2.05) is 0 Å². The molecule has 0 unspecified atom stereocenters. The molecule has 1 saturated heterocycles. The van der Waals surface area contributed by atoms with Crippen molar-refractivity contribution in [3.63, 3.8) is 0 Å². The van der Waals surface area contributed by atoms with E-state index in [4.69, 9.17) is 0 Å². The Balaban J connectivity index is 1.66. The van der Waals surface area contributed by atoms with Gasteiger partial charge in [-0.2, -0.15) is 4.31 Å². The Bertz CT molecular complexity index is 1430. The first-order valence-electron chi connectivity index (χ1n) is 9.65. The molecule has 4 rings (SSSR count). The molecule has 0 saturated carbocycles. The van der Waals surface area contributed by atoms with Gasteiger partial charge in [-0.15, -0.1) is 0 Å². The van der Waals surface area contributed by atoms with Crippen molar-refractivity contribution < 1.29 is 13.2 Å². The van der Waals surface area contributed by atoms with E-state index in [0.29, 0.717) is 13.1 Å². The van der Waals surface area contributed by atoms with Gasteiger partial charge in [-0.1, -0.05) is 0 Å². The number of carbonyl (C=O) groups excluding carboxylic acids is 1. The van der Waals surface area contributed by atoms with Crippen LogP contribution in [0.15, 0.2) is 39.0 Å². The predicted octanol–water partition coefficient (Wildman–Crippen LogP) is 0.00750. The van der Waals surface area contributed by atoms with E-state index in [1.165, 1.54) is 52.1 Å². The van der Waals surface area contributed by atoms with Crippen molar-refractivity contribution in [2.24, 2.45) is 21.1 Å². The number of anilines is 1. The summed E-state index contributed by atoms with van der Waals surface area (Å²) in [5.41, 5.74) is -0.439. The van der Waals surface area contributed by atoms with Crippen molar-refractivity contribution in [2.75, 3.05) is 18.4 Å². The van der Waals surface area contributed by atoms with E-state index in [2.05, 4.69) is 10.3 Å². The normalized spacial score (nSPS) is 14.9. The number of carbonyl (C=O) groups is 1. The van der Waals surface area contributed by atoms with E-state index in [9.17, 15) is 22.8 Å². The maximum absolute atomic E-state index is 12.8. The van der Waals surface area contributed by atoms with E-state index in [0.717, 1.165) is 17.4 Å². The average molecular weight is 446 g/mol. The Morgan fingerprint density at radius 1 is 1.06 bits per heavy atom. The van der Waals surface area contributed by atoms with Gasteiger partial charge in [0, 0.05) is 40.4 Å². The zero-order valence-corrected chi connectivity index (χ0v) is 18.1. The van der Waals surface area contributed by atoms with Gasteiger partial charge in [0.15, 0.2) is 0 Å². The molecule has 0 radical (unpaired) electrons. The van der Waals surface area contributed by atoms with Crippen molar-refractivity contribution in [1.82, 2.24) is 23.0 Å². The van der Waals surface area contributed by atoms with E-state index in [1.54, 1.807) is 7.05 Å². The first kappa shape index (κ1) is 21.0. The van der Waals surface area contributed by atoms with Crippen molar-refractivity contribution in [1.29, 1.82) is 0 Å². The molecule has 1 aliphatic heterocycles. The van der Waals surface area contributed by atoms with Gasteiger partial charge in [0.25, 0.3) is 11.5 Å². The molecule has 164 valence electrons. The summed E-state index contributed by atoms with van der Waals surface area (Å²) in [4.78, 5) is 41.4. The molecule has 11 nitrogen and oxygen atoms in total. The summed E-state index contributed by atoms with van der Waals surface area (Å²) < 4.78 is 30.6. The minimum Gasteiger partial charge on any atom is -0.345 e. The lowest BCUT2D eigenvalue weighted by Crippen LogP contribution is -2.37. The summed E-state index contributed by atoms with van der Waals surface area (Å²) in [5.74, 6) is -0.548. The third-order valence-corrected chi connectivity index (χ3v) is 7.33. The molecule has 0 aliphatic carbocycles. The molecule has 1 N–H and O–H groups in total. The fraction of sp³-hybridized carbons (Fsp3) is 0.368. The van der Waals surface area contributed by atoms with Crippen LogP contribution in [0.4, 0.5) is 5.69 Å². The third kappa shape index (κ3) is 3.47. The molecule has 0 spiro atoms. The Kier molecular flexibility index (Phi) is 5.06. The van der Waals surface area contributed by atoms with Gasteiger partial charge in [0.2, 0.25) is 10.0 Å². The predicted molar refractivity (Wildman–Crippen MR) is 114 cm³/mol. The van der Waals surface area contributed by atoms with Crippen molar-refractivity contribution >= 4 is 32.7 Å². The monoisotopic (exact) mass is 446 g/mol. The molecule has 1 aliphatic rings. The number of sulfonamides is 1. The number of aryl methyl sites for hydroxylation is 2. The molecule has 4 heterocycles. The van der Waals surface area contributed by atoms with Crippen LogP contribution in [0.5, 0.6) is 0 Å². The zero-order valence-electron chi connectivity index (χ0n) is 17.3. The van der Waals surface area contributed by atoms with Crippen LogP contribution in [-0.4, -0.2) is 50.4 Å². The fourth-order valence-electron chi connectivity index (χ4n) is 3.71. The van der Waals surface area contributed by atoms with Gasteiger partial charge < -0.3 is 9.88 Å². The van der Waals surface area contributed by atoms with Gasteiger partial charge in [0.1, 0.15) is 16.2 Å². The summed E-state index contributed by atoms with van der Waals surface area (Å²) in [6, 6.07) is 2.77. The maximum Gasteiger partial charge on any atom is 0.332 e. The first-order chi connectivity index (χ1) is 14.6. The number of amides is 1. The molecular weight excluding hydrogens is 424 g/mol. The average Bonchev–Trinajstić information content (AvgIpc) is 3.41. The molecule has 12 heteroatoms. The third-order valence-electron chi connectivity index (χ3n) is 5.47. The zero-order chi connectivity index (χ0) is 22.5. The Labute approximate surface area is 177 Å². The lowest BCUT2D eigenvalue weighted by atomic mass is 10.3. The lowest BCUT2D eigenvalue weighted by molar-refractivity contribution is 0.101.